The molecule has 0 aliphatic carbocycles. The third-order valence-electron chi connectivity index (χ3n) is 2.23. The van der Waals surface area contributed by atoms with E-state index in [2.05, 4.69) is 20.8 Å². The molecule has 1 N–H and O–H groups in total. The van der Waals surface area contributed by atoms with Gasteiger partial charge >= 0.3 is 0 Å². The zero-order valence-corrected chi connectivity index (χ0v) is 9.93. The van der Waals surface area contributed by atoms with Gasteiger partial charge in [-0.1, -0.05) is 0 Å². The lowest BCUT2D eigenvalue weighted by Crippen LogP contribution is -2.01. The maximum absolute atomic E-state index is 4.38. The molecule has 0 aliphatic heterocycles. The molecule has 0 amide bonds. The topological polar surface area (TPSA) is 42.7 Å². The smallest absolute Gasteiger partial charge is 0.148 e. The van der Waals surface area contributed by atoms with Crippen molar-refractivity contribution in [1.29, 1.82) is 0 Å². The summed E-state index contributed by atoms with van der Waals surface area (Å²) in [6, 6.07) is 2.03. The minimum atomic E-state index is 0.737. The van der Waals surface area contributed by atoms with Gasteiger partial charge in [-0.05, 0) is 13.8 Å². The summed E-state index contributed by atoms with van der Waals surface area (Å²) < 4.78 is 1.86. The van der Waals surface area contributed by atoms with Crippen molar-refractivity contribution in [2.24, 2.45) is 7.05 Å². The van der Waals surface area contributed by atoms with Gasteiger partial charge in [-0.3, -0.25) is 4.68 Å². The van der Waals surface area contributed by atoms with Crippen molar-refractivity contribution in [3.8, 4) is 0 Å². The molecule has 0 saturated carbocycles. The Balaban J connectivity index is 1.99. The lowest BCUT2D eigenvalue weighted by atomic mass is 10.4. The van der Waals surface area contributed by atoms with Crippen molar-refractivity contribution in [2.75, 3.05) is 5.32 Å². The maximum Gasteiger partial charge on any atom is 0.148 e. The molecule has 2 rings (SSSR count). The van der Waals surface area contributed by atoms with E-state index in [0.717, 1.165) is 28.8 Å². The number of hydrogen-bond acceptors (Lipinski definition) is 4. The zero-order chi connectivity index (χ0) is 10.8. The SMILES string of the molecule is Cc1nc(CNc2cc(C)n(C)n2)cs1. The highest BCUT2D eigenvalue weighted by Crippen LogP contribution is 2.11. The summed E-state index contributed by atoms with van der Waals surface area (Å²) in [6.07, 6.45) is 0. The summed E-state index contributed by atoms with van der Waals surface area (Å²) in [5, 5.41) is 10.7. The van der Waals surface area contributed by atoms with Crippen molar-refractivity contribution in [1.82, 2.24) is 14.8 Å². The number of aryl methyl sites for hydroxylation is 3. The molecule has 80 valence electrons. The van der Waals surface area contributed by atoms with Gasteiger partial charge in [-0.25, -0.2) is 4.98 Å². The quantitative estimate of drug-likeness (QED) is 0.865. The predicted molar refractivity (Wildman–Crippen MR) is 62.1 cm³/mol. The molecule has 2 heterocycles. The standard InChI is InChI=1S/C10H14N4S/c1-7-4-10(13-14(7)3)11-5-9-6-15-8(2)12-9/h4,6H,5H2,1-3H3,(H,11,13). The molecule has 2 aromatic rings. The minimum Gasteiger partial charge on any atom is -0.363 e. The molecule has 0 aliphatic rings. The highest BCUT2D eigenvalue weighted by atomic mass is 32.1. The van der Waals surface area contributed by atoms with E-state index >= 15 is 0 Å². The minimum absolute atomic E-state index is 0.737. The molecule has 0 aromatic carbocycles. The Hall–Kier alpha value is -1.36. The highest BCUT2D eigenvalue weighted by Gasteiger charge is 2.02. The third kappa shape index (κ3) is 2.36. The second-order valence-electron chi connectivity index (χ2n) is 3.51. The fraction of sp³-hybridized carbons (Fsp3) is 0.400. The van der Waals surface area contributed by atoms with Crippen LogP contribution in [-0.2, 0) is 13.6 Å². The average molecular weight is 222 g/mol. The lowest BCUT2D eigenvalue weighted by molar-refractivity contribution is 0.740. The van der Waals surface area contributed by atoms with Gasteiger partial charge in [0, 0.05) is 24.2 Å². The maximum atomic E-state index is 4.38. The van der Waals surface area contributed by atoms with Crippen LogP contribution in [0.25, 0.3) is 0 Å². The Morgan fingerprint density at radius 3 is 2.80 bits per heavy atom. The van der Waals surface area contributed by atoms with E-state index in [0.29, 0.717) is 0 Å². The Morgan fingerprint density at radius 2 is 2.27 bits per heavy atom. The van der Waals surface area contributed by atoms with Crippen LogP contribution in [0.15, 0.2) is 11.4 Å². The molecular weight excluding hydrogens is 208 g/mol. The number of aromatic nitrogens is 3. The van der Waals surface area contributed by atoms with E-state index in [1.54, 1.807) is 11.3 Å². The van der Waals surface area contributed by atoms with Crippen molar-refractivity contribution in [3.63, 3.8) is 0 Å². The predicted octanol–water partition coefficient (Wildman–Crippen LogP) is 2.11. The van der Waals surface area contributed by atoms with Crippen LogP contribution in [-0.4, -0.2) is 14.8 Å². The van der Waals surface area contributed by atoms with Crippen LogP contribution in [0.4, 0.5) is 5.82 Å². The Labute approximate surface area is 93.0 Å². The average Bonchev–Trinajstić information content (AvgIpc) is 2.72. The van der Waals surface area contributed by atoms with Crippen LogP contribution in [0.3, 0.4) is 0 Å². The van der Waals surface area contributed by atoms with Crippen LogP contribution in [0.5, 0.6) is 0 Å². The van der Waals surface area contributed by atoms with Crippen molar-refractivity contribution in [2.45, 2.75) is 20.4 Å². The normalized spacial score (nSPS) is 10.6. The molecule has 2 aromatic heterocycles. The van der Waals surface area contributed by atoms with Gasteiger partial charge < -0.3 is 5.32 Å². The molecule has 15 heavy (non-hydrogen) atoms. The number of anilines is 1. The van der Waals surface area contributed by atoms with Crippen LogP contribution in [0.1, 0.15) is 16.4 Å². The number of thiazole rings is 1. The number of nitrogens with one attached hydrogen (secondary N) is 1. The summed E-state index contributed by atoms with van der Waals surface area (Å²) >= 11 is 1.67. The zero-order valence-electron chi connectivity index (χ0n) is 9.11. The van der Waals surface area contributed by atoms with Gasteiger partial charge in [0.15, 0.2) is 0 Å². The van der Waals surface area contributed by atoms with Gasteiger partial charge in [0.05, 0.1) is 17.2 Å². The van der Waals surface area contributed by atoms with Crippen LogP contribution < -0.4 is 5.32 Å². The van der Waals surface area contributed by atoms with E-state index in [9.17, 15) is 0 Å². The first-order valence-electron chi connectivity index (χ1n) is 4.80. The molecule has 0 radical (unpaired) electrons. The van der Waals surface area contributed by atoms with Crippen LogP contribution in [0, 0.1) is 13.8 Å². The Morgan fingerprint density at radius 1 is 1.47 bits per heavy atom. The first kappa shape index (κ1) is 10.2. The fourth-order valence-electron chi connectivity index (χ4n) is 1.32. The Kier molecular flexibility index (Phi) is 2.73. The summed E-state index contributed by atoms with van der Waals surface area (Å²) in [4.78, 5) is 4.38. The van der Waals surface area contributed by atoms with E-state index in [-0.39, 0.29) is 0 Å². The first-order chi connectivity index (χ1) is 7.15. The third-order valence-corrected chi connectivity index (χ3v) is 3.05. The van der Waals surface area contributed by atoms with E-state index in [4.69, 9.17) is 0 Å². The Bertz CT molecular complexity index is 438. The van der Waals surface area contributed by atoms with Gasteiger partial charge in [0.2, 0.25) is 0 Å². The highest BCUT2D eigenvalue weighted by molar-refractivity contribution is 7.09. The number of hydrogen-bond donors (Lipinski definition) is 1. The van der Waals surface area contributed by atoms with Crippen LogP contribution in [0.2, 0.25) is 0 Å². The van der Waals surface area contributed by atoms with Gasteiger partial charge in [0.25, 0.3) is 0 Å². The number of rotatable bonds is 3. The van der Waals surface area contributed by atoms with Crippen molar-refractivity contribution < 1.29 is 0 Å². The molecule has 0 saturated heterocycles. The molecule has 0 atom stereocenters. The summed E-state index contributed by atoms with van der Waals surface area (Å²) in [5.41, 5.74) is 2.22. The molecule has 0 spiro atoms. The van der Waals surface area contributed by atoms with E-state index < -0.39 is 0 Å². The molecule has 5 heteroatoms. The van der Waals surface area contributed by atoms with Crippen LogP contribution >= 0.6 is 11.3 Å². The fourth-order valence-corrected chi connectivity index (χ4v) is 1.93. The lowest BCUT2D eigenvalue weighted by Gasteiger charge is -1.98. The van der Waals surface area contributed by atoms with Gasteiger partial charge in [-0.2, -0.15) is 5.10 Å². The van der Waals surface area contributed by atoms with Crippen molar-refractivity contribution in [3.05, 3.63) is 27.8 Å². The summed E-state index contributed by atoms with van der Waals surface area (Å²) in [7, 11) is 1.94. The van der Waals surface area contributed by atoms with Gasteiger partial charge in [0.1, 0.15) is 5.82 Å². The molecule has 4 nitrogen and oxygen atoms in total. The van der Waals surface area contributed by atoms with Gasteiger partial charge in [-0.15, -0.1) is 11.3 Å². The second kappa shape index (κ2) is 4.02. The molecule has 0 bridgehead atoms. The molecular formula is C10H14N4S. The molecule has 0 fully saturated rings. The summed E-state index contributed by atoms with van der Waals surface area (Å²) in [6.45, 7) is 4.78. The van der Waals surface area contributed by atoms with E-state index in [1.165, 1.54) is 0 Å². The summed E-state index contributed by atoms with van der Waals surface area (Å²) in [5.74, 6) is 0.903. The van der Waals surface area contributed by atoms with E-state index in [1.807, 2.05) is 31.6 Å². The first-order valence-corrected chi connectivity index (χ1v) is 5.68. The number of nitrogens with zero attached hydrogens (tertiary/aromatic N) is 3. The molecule has 0 unspecified atom stereocenters. The monoisotopic (exact) mass is 222 g/mol. The van der Waals surface area contributed by atoms with Crippen molar-refractivity contribution >= 4 is 17.2 Å². The largest absolute Gasteiger partial charge is 0.363 e. The second-order valence-corrected chi connectivity index (χ2v) is 4.57.